The van der Waals surface area contributed by atoms with Crippen LogP contribution in [0.4, 0.5) is 4.39 Å². The van der Waals surface area contributed by atoms with E-state index in [1.54, 1.807) is 30.5 Å². The Morgan fingerprint density at radius 2 is 1.93 bits per heavy atom. The fraction of sp³-hybridized carbons (Fsp3) is 0.0909. The third-order valence-corrected chi connectivity index (χ3v) is 5.16. The average Bonchev–Trinajstić information content (AvgIpc) is 3.41. The lowest BCUT2D eigenvalue weighted by Crippen LogP contribution is -2.12. The Morgan fingerprint density at radius 3 is 2.64 bits per heavy atom. The van der Waals surface area contributed by atoms with Gasteiger partial charge in [0, 0.05) is 17.8 Å². The largest absolute Gasteiger partial charge is 0.484 e. The van der Waals surface area contributed by atoms with Crippen LogP contribution < -0.4 is 4.74 Å². The number of thiophene rings is 1. The number of nitrogens with zero attached hydrogens (tertiary/aromatic N) is 2. The molecule has 2 heterocycles. The molecule has 6 heteroatoms. The van der Waals surface area contributed by atoms with Crippen LogP contribution in [-0.4, -0.2) is 15.7 Å². The molecule has 28 heavy (non-hydrogen) atoms. The van der Waals surface area contributed by atoms with E-state index in [1.807, 2.05) is 48.7 Å². The molecule has 2 aromatic carbocycles. The molecule has 0 bridgehead atoms. The van der Waals surface area contributed by atoms with Crippen molar-refractivity contribution in [3.05, 3.63) is 94.7 Å². The summed E-state index contributed by atoms with van der Waals surface area (Å²) in [6, 6.07) is 19.5. The number of aromatic nitrogens is 2. The SMILES string of the molecule is C[C@H](Oc1ccc(-c2ccccc2)c(F)c1)c1ccn(C(=O)c2cccs2)n1. The predicted octanol–water partition coefficient (Wildman–Crippen LogP) is 5.58. The molecule has 4 nitrogen and oxygen atoms in total. The highest BCUT2D eigenvalue weighted by Crippen LogP contribution is 2.28. The molecule has 0 saturated heterocycles. The molecular formula is C22H17FN2O2S. The smallest absolute Gasteiger partial charge is 0.288 e. The molecule has 0 radical (unpaired) electrons. The summed E-state index contributed by atoms with van der Waals surface area (Å²) < 4.78 is 21.6. The monoisotopic (exact) mass is 392 g/mol. The molecule has 0 spiro atoms. The number of ether oxygens (including phenoxy) is 1. The quantitative estimate of drug-likeness (QED) is 0.445. The lowest BCUT2D eigenvalue weighted by Gasteiger charge is -2.13. The lowest BCUT2D eigenvalue weighted by molar-refractivity contribution is 0.0947. The Balaban J connectivity index is 1.49. The van der Waals surface area contributed by atoms with Crippen molar-refractivity contribution in [2.24, 2.45) is 0 Å². The zero-order valence-electron chi connectivity index (χ0n) is 15.1. The van der Waals surface area contributed by atoms with Crippen molar-refractivity contribution in [3.8, 4) is 16.9 Å². The van der Waals surface area contributed by atoms with Crippen LogP contribution in [0.2, 0.25) is 0 Å². The molecular weight excluding hydrogens is 375 g/mol. The van der Waals surface area contributed by atoms with Crippen LogP contribution in [0.5, 0.6) is 5.75 Å². The zero-order valence-corrected chi connectivity index (χ0v) is 15.9. The summed E-state index contributed by atoms with van der Waals surface area (Å²) in [5.41, 5.74) is 1.93. The summed E-state index contributed by atoms with van der Waals surface area (Å²) >= 11 is 1.36. The Labute approximate surface area is 165 Å². The van der Waals surface area contributed by atoms with Gasteiger partial charge in [0.25, 0.3) is 5.91 Å². The molecule has 2 aromatic heterocycles. The molecule has 1 atom stereocenters. The fourth-order valence-electron chi connectivity index (χ4n) is 2.87. The molecule has 0 fully saturated rings. The summed E-state index contributed by atoms with van der Waals surface area (Å²) in [5.74, 6) is -0.134. The van der Waals surface area contributed by atoms with Gasteiger partial charge < -0.3 is 4.74 Å². The maximum atomic E-state index is 14.5. The molecule has 0 aliphatic heterocycles. The van der Waals surface area contributed by atoms with Gasteiger partial charge in [-0.25, -0.2) is 9.07 Å². The highest BCUT2D eigenvalue weighted by molar-refractivity contribution is 7.12. The first-order valence-electron chi connectivity index (χ1n) is 8.77. The van der Waals surface area contributed by atoms with Gasteiger partial charge in [0.2, 0.25) is 0 Å². The fourth-order valence-corrected chi connectivity index (χ4v) is 3.52. The number of carbonyl (C=O) groups is 1. The number of hydrogen-bond donors (Lipinski definition) is 0. The number of rotatable bonds is 5. The number of carbonyl (C=O) groups excluding carboxylic acids is 1. The second-order valence-corrected chi connectivity index (χ2v) is 7.18. The lowest BCUT2D eigenvalue weighted by atomic mass is 10.1. The van der Waals surface area contributed by atoms with E-state index in [-0.39, 0.29) is 11.7 Å². The van der Waals surface area contributed by atoms with Crippen molar-refractivity contribution in [1.29, 1.82) is 0 Å². The Morgan fingerprint density at radius 1 is 1.11 bits per heavy atom. The van der Waals surface area contributed by atoms with Crippen LogP contribution in [0.15, 0.2) is 78.3 Å². The first kappa shape index (κ1) is 18.1. The summed E-state index contributed by atoms with van der Waals surface area (Å²) in [7, 11) is 0. The van der Waals surface area contributed by atoms with Crippen LogP contribution in [-0.2, 0) is 0 Å². The molecule has 4 rings (SSSR count). The molecule has 0 saturated carbocycles. The summed E-state index contributed by atoms with van der Waals surface area (Å²) in [4.78, 5) is 13.0. The molecule has 0 aliphatic rings. The van der Waals surface area contributed by atoms with E-state index in [9.17, 15) is 9.18 Å². The van der Waals surface area contributed by atoms with E-state index >= 15 is 0 Å². The molecule has 0 amide bonds. The molecule has 0 N–H and O–H groups in total. The van der Waals surface area contributed by atoms with Crippen molar-refractivity contribution in [1.82, 2.24) is 9.78 Å². The van der Waals surface area contributed by atoms with Gasteiger partial charge in [-0.2, -0.15) is 5.10 Å². The van der Waals surface area contributed by atoms with Crippen LogP contribution in [0, 0.1) is 5.82 Å². The highest BCUT2D eigenvalue weighted by atomic mass is 32.1. The van der Waals surface area contributed by atoms with Crippen molar-refractivity contribution in [2.45, 2.75) is 13.0 Å². The van der Waals surface area contributed by atoms with Gasteiger partial charge in [-0.3, -0.25) is 4.79 Å². The third kappa shape index (κ3) is 3.73. The summed E-state index contributed by atoms with van der Waals surface area (Å²) in [6.07, 6.45) is 1.18. The van der Waals surface area contributed by atoms with E-state index in [1.165, 1.54) is 22.1 Å². The van der Waals surface area contributed by atoms with E-state index in [2.05, 4.69) is 5.10 Å². The molecule has 0 aliphatic carbocycles. The van der Waals surface area contributed by atoms with E-state index in [0.717, 1.165) is 5.56 Å². The van der Waals surface area contributed by atoms with Crippen LogP contribution >= 0.6 is 11.3 Å². The summed E-state index contributed by atoms with van der Waals surface area (Å²) in [6.45, 7) is 1.81. The Bertz CT molecular complexity index is 1090. The van der Waals surface area contributed by atoms with E-state index < -0.39 is 6.10 Å². The van der Waals surface area contributed by atoms with Gasteiger partial charge in [0.15, 0.2) is 0 Å². The van der Waals surface area contributed by atoms with Gasteiger partial charge in [-0.05, 0) is 42.1 Å². The number of benzene rings is 2. The average molecular weight is 392 g/mol. The highest BCUT2D eigenvalue weighted by Gasteiger charge is 2.16. The van der Waals surface area contributed by atoms with Gasteiger partial charge in [0.1, 0.15) is 23.4 Å². The van der Waals surface area contributed by atoms with E-state index in [4.69, 9.17) is 4.74 Å². The first-order chi connectivity index (χ1) is 13.6. The topological polar surface area (TPSA) is 44.1 Å². The number of hydrogen-bond acceptors (Lipinski definition) is 4. The molecule has 140 valence electrons. The first-order valence-corrected chi connectivity index (χ1v) is 9.65. The van der Waals surface area contributed by atoms with Gasteiger partial charge in [0.05, 0.1) is 4.88 Å². The third-order valence-electron chi connectivity index (χ3n) is 4.30. The summed E-state index contributed by atoms with van der Waals surface area (Å²) in [5, 5.41) is 6.15. The number of halogens is 1. The van der Waals surface area contributed by atoms with Gasteiger partial charge in [-0.15, -0.1) is 11.3 Å². The maximum absolute atomic E-state index is 14.5. The minimum absolute atomic E-state index is 0.188. The minimum Gasteiger partial charge on any atom is -0.484 e. The van der Waals surface area contributed by atoms with E-state index in [0.29, 0.717) is 21.9 Å². The predicted molar refractivity (Wildman–Crippen MR) is 107 cm³/mol. The Kier molecular flexibility index (Phi) is 5.04. The van der Waals surface area contributed by atoms with Crippen molar-refractivity contribution in [2.75, 3.05) is 0 Å². The second kappa shape index (κ2) is 7.78. The van der Waals surface area contributed by atoms with Crippen LogP contribution in [0.25, 0.3) is 11.1 Å². The maximum Gasteiger partial charge on any atom is 0.288 e. The minimum atomic E-state index is -0.431. The van der Waals surface area contributed by atoms with Crippen LogP contribution in [0.3, 0.4) is 0 Å². The van der Waals surface area contributed by atoms with Gasteiger partial charge in [-0.1, -0.05) is 36.4 Å². The van der Waals surface area contributed by atoms with Crippen molar-refractivity contribution in [3.63, 3.8) is 0 Å². The standard InChI is InChI=1S/C22H17FN2O2S/c1-15(20-11-12-25(24-20)22(26)21-8-5-13-28-21)27-17-9-10-18(19(23)14-17)16-6-3-2-4-7-16/h2-15H,1H3/t15-/m0/s1. The van der Waals surface area contributed by atoms with Crippen molar-refractivity contribution < 1.29 is 13.9 Å². The molecule has 0 unspecified atom stereocenters. The Hall–Kier alpha value is -3.25. The second-order valence-electron chi connectivity index (χ2n) is 6.24. The van der Waals surface area contributed by atoms with Gasteiger partial charge >= 0.3 is 0 Å². The zero-order chi connectivity index (χ0) is 19.5. The van der Waals surface area contributed by atoms with Crippen molar-refractivity contribution >= 4 is 17.2 Å². The van der Waals surface area contributed by atoms with Crippen LogP contribution in [0.1, 0.15) is 28.4 Å². The molecule has 4 aromatic rings. The normalized spacial score (nSPS) is 11.9.